The number of alkyl halides is 2. The van der Waals surface area contributed by atoms with Crippen molar-refractivity contribution in [3.63, 3.8) is 0 Å². The Morgan fingerprint density at radius 3 is 2.76 bits per heavy atom. The summed E-state index contributed by atoms with van der Waals surface area (Å²) in [5.41, 5.74) is 8.14. The van der Waals surface area contributed by atoms with Gasteiger partial charge in [0.2, 0.25) is 0 Å². The second kappa shape index (κ2) is 5.27. The van der Waals surface area contributed by atoms with E-state index in [9.17, 15) is 8.78 Å². The van der Waals surface area contributed by atoms with E-state index in [2.05, 4.69) is 4.98 Å². The molecule has 0 fully saturated rings. The van der Waals surface area contributed by atoms with Crippen LogP contribution in [0, 0.1) is 0 Å². The standard InChI is InChI=1S/C12H15ClF2N2/c13-11-8(6-9(16)12(14)15)5-7-3-1-2-4-10(7)17-11/h5,9,12H,1-4,6,16H2. The number of fused-ring (bicyclic) bond motifs is 1. The van der Waals surface area contributed by atoms with Gasteiger partial charge in [-0.25, -0.2) is 13.8 Å². The molecular formula is C12H15ClF2N2. The Labute approximate surface area is 104 Å². The maximum Gasteiger partial charge on any atom is 0.253 e. The van der Waals surface area contributed by atoms with Gasteiger partial charge in [0.15, 0.2) is 0 Å². The van der Waals surface area contributed by atoms with Gasteiger partial charge in [-0.1, -0.05) is 17.7 Å². The average Bonchev–Trinajstić information content (AvgIpc) is 2.29. The smallest absolute Gasteiger partial charge is 0.253 e. The minimum Gasteiger partial charge on any atom is -0.323 e. The minimum absolute atomic E-state index is 0.0801. The van der Waals surface area contributed by atoms with Gasteiger partial charge < -0.3 is 5.73 Å². The van der Waals surface area contributed by atoms with Crippen LogP contribution in [0.2, 0.25) is 5.15 Å². The Kier molecular flexibility index (Phi) is 3.94. The van der Waals surface area contributed by atoms with Crippen LogP contribution in [0.3, 0.4) is 0 Å². The quantitative estimate of drug-likeness (QED) is 0.849. The van der Waals surface area contributed by atoms with Crippen LogP contribution in [0.4, 0.5) is 8.78 Å². The van der Waals surface area contributed by atoms with Crippen LogP contribution >= 0.6 is 11.6 Å². The number of nitrogens with zero attached hydrogens (tertiary/aromatic N) is 1. The lowest BCUT2D eigenvalue weighted by molar-refractivity contribution is 0.116. The van der Waals surface area contributed by atoms with Gasteiger partial charge in [-0.2, -0.15) is 0 Å². The van der Waals surface area contributed by atoms with Gasteiger partial charge in [0.25, 0.3) is 6.43 Å². The van der Waals surface area contributed by atoms with Crippen LogP contribution in [0.15, 0.2) is 6.07 Å². The molecule has 0 aromatic carbocycles. The van der Waals surface area contributed by atoms with Crippen molar-refractivity contribution in [1.82, 2.24) is 4.98 Å². The van der Waals surface area contributed by atoms with Crippen LogP contribution in [0.5, 0.6) is 0 Å². The zero-order chi connectivity index (χ0) is 12.4. The van der Waals surface area contributed by atoms with E-state index in [1.54, 1.807) is 0 Å². The summed E-state index contributed by atoms with van der Waals surface area (Å²) in [6, 6.07) is 0.724. The Bertz CT molecular complexity index is 410. The Balaban J connectivity index is 2.22. The van der Waals surface area contributed by atoms with E-state index in [1.165, 1.54) is 0 Å². The van der Waals surface area contributed by atoms with Crippen LogP contribution in [-0.4, -0.2) is 17.5 Å². The molecule has 0 saturated heterocycles. The van der Waals surface area contributed by atoms with Gasteiger partial charge in [-0.3, -0.25) is 0 Å². The highest BCUT2D eigenvalue weighted by Crippen LogP contribution is 2.25. The average molecular weight is 261 g/mol. The SMILES string of the molecule is NC(Cc1cc2c(nc1Cl)CCCC2)C(F)F. The fourth-order valence-electron chi connectivity index (χ4n) is 2.14. The molecular weight excluding hydrogens is 246 g/mol. The zero-order valence-electron chi connectivity index (χ0n) is 9.43. The maximum atomic E-state index is 12.4. The van der Waals surface area contributed by atoms with Crippen LogP contribution < -0.4 is 5.73 Å². The molecule has 5 heteroatoms. The van der Waals surface area contributed by atoms with Crippen molar-refractivity contribution < 1.29 is 8.78 Å². The summed E-state index contributed by atoms with van der Waals surface area (Å²) >= 11 is 6.00. The summed E-state index contributed by atoms with van der Waals surface area (Å²) in [6.45, 7) is 0. The van der Waals surface area contributed by atoms with E-state index < -0.39 is 12.5 Å². The first kappa shape index (κ1) is 12.7. The molecule has 1 aromatic heterocycles. The maximum absolute atomic E-state index is 12.4. The third-order valence-corrected chi connectivity index (χ3v) is 3.43. The molecule has 0 aliphatic heterocycles. The lowest BCUT2D eigenvalue weighted by Crippen LogP contribution is -2.31. The second-order valence-electron chi connectivity index (χ2n) is 4.45. The lowest BCUT2D eigenvalue weighted by atomic mass is 9.94. The summed E-state index contributed by atoms with van der Waals surface area (Å²) in [4.78, 5) is 4.29. The number of hydrogen-bond donors (Lipinski definition) is 1. The summed E-state index contributed by atoms with van der Waals surface area (Å²) < 4.78 is 24.8. The number of aromatic nitrogens is 1. The fourth-order valence-corrected chi connectivity index (χ4v) is 2.38. The molecule has 0 bridgehead atoms. The van der Waals surface area contributed by atoms with Crippen molar-refractivity contribution in [1.29, 1.82) is 0 Å². The number of hydrogen-bond acceptors (Lipinski definition) is 2. The molecule has 2 nitrogen and oxygen atoms in total. The molecule has 1 aliphatic carbocycles. The highest BCUT2D eigenvalue weighted by Gasteiger charge is 2.20. The first-order valence-corrected chi connectivity index (χ1v) is 6.16. The van der Waals surface area contributed by atoms with Gasteiger partial charge in [0, 0.05) is 5.69 Å². The predicted molar refractivity (Wildman–Crippen MR) is 63.6 cm³/mol. The first-order valence-electron chi connectivity index (χ1n) is 5.79. The second-order valence-corrected chi connectivity index (χ2v) is 4.81. The molecule has 1 atom stereocenters. The van der Waals surface area contributed by atoms with Gasteiger partial charge >= 0.3 is 0 Å². The van der Waals surface area contributed by atoms with E-state index >= 15 is 0 Å². The van der Waals surface area contributed by atoms with Crippen molar-refractivity contribution in [3.05, 3.63) is 28.0 Å². The Morgan fingerprint density at radius 2 is 2.06 bits per heavy atom. The molecule has 1 aromatic rings. The number of halogens is 3. The summed E-state index contributed by atoms with van der Waals surface area (Å²) in [6.07, 6.45) is 1.67. The van der Waals surface area contributed by atoms with Gasteiger partial charge in [0.05, 0.1) is 6.04 Å². The number of pyridine rings is 1. The van der Waals surface area contributed by atoms with E-state index in [1.807, 2.05) is 6.07 Å². The highest BCUT2D eigenvalue weighted by atomic mass is 35.5. The van der Waals surface area contributed by atoms with E-state index in [-0.39, 0.29) is 6.42 Å². The zero-order valence-corrected chi connectivity index (χ0v) is 10.2. The Morgan fingerprint density at radius 1 is 1.35 bits per heavy atom. The van der Waals surface area contributed by atoms with Crippen molar-refractivity contribution in [2.75, 3.05) is 0 Å². The lowest BCUT2D eigenvalue weighted by Gasteiger charge is -2.18. The fraction of sp³-hybridized carbons (Fsp3) is 0.583. The summed E-state index contributed by atoms with van der Waals surface area (Å²) in [5, 5.41) is 0.321. The number of rotatable bonds is 3. The van der Waals surface area contributed by atoms with E-state index in [4.69, 9.17) is 17.3 Å². The largest absolute Gasteiger partial charge is 0.323 e. The number of nitrogens with two attached hydrogens (primary N) is 1. The third kappa shape index (κ3) is 2.93. The van der Waals surface area contributed by atoms with Crippen LogP contribution in [0.1, 0.15) is 29.7 Å². The molecule has 1 heterocycles. The molecule has 2 rings (SSSR count). The first-order chi connectivity index (χ1) is 8.08. The van der Waals surface area contributed by atoms with Crippen LogP contribution in [0.25, 0.3) is 0 Å². The topological polar surface area (TPSA) is 38.9 Å². The van der Waals surface area contributed by atoms with Crippen molar-refractivity contribution in [3.8, 4) is 0 Å². The van der Waals surface area contributed by atoms with Crippen LogP contribution in [-0.2, 0) is 19.3 Å². The monoisotopic (exact) mass is 260 g/mol. The van der Waals surface area contributed by atoms with Gasteiger partial charge in [-0.15, -0.1) is 0 Å². The Hall–Kier alpha value is -0.740. The van der Waals surface area contributed by atoms with E-state index in [0.717, 1.165) is 36.9 Å². The van der Waals surface area contributed by atoms with E-state index in [0.29, 0.717) is 10.7 Å². The summed E-state index contributed by atoms with van der Waals surface area (Å²) in [5.74, 6) is 0. The summed E-state index contributed by atoms with van der Waals surface area (Å²) in [7, 11) is 0. The van der Waals surface area contributed by atoms with Gasteiger partial charge in [-0.05, 0) is 43.2 Å². The molecule has 94 valence electrons. The minimum atomic E-state index is -2.53. The molecule has 0 amide bonds. The molecule has 0 radical (unpaired) electrons. The molecule has 17 heavy (non-hydrogen) atoms. The van der Waals surface area contributed by atoms with Crippen molar-refractivity contribution in [2.24, 2.45) is 5.73 Å². The number of aryl methyl sites for hydroxylation is 2. The predicted octanol–water partition coefficient (Wildman–Crippen LogP) is 2.75. The van der Waals surface area contributed by atoms with Gasteiger partial charge in [0.1, 0.15) is 5.15 Å². The molecule has 1 unspecified atom stereocenters. The third-order valence-electron chi connectivity index (χ3n) is 3.11. The molecule has 2 N–H and O–H groups in total. The van der Waals surface area contributed by atoms with Crippen molar-refractivity contribution >= 4 is 11.6 Å². The van der Waals surface area contributed by atoms with Crippen molar-refractivity contribution in [2.45, 2.75) is 44.6 Å². The molecule has 1 aliphatic rings. The highest BCUT2D eigenvalue weighted by molar-refractivity contribution is 6.30. The molecule has 0 saturated carbocycles. The molecule has 0 spiro atoms. The normalized spacial score (nSPS) is 17.0.